The molecule has 2 rings (SSSR count). The van der Waals surface area contributed by atoms with E-state index in [1.54, 1.807) is 0 Å². The molecule has 1 aromatic heterocycles. The third-order valence-corrected chi connectivity index (χ3v) is 6.20. The molecule has 0 radical (unpaired) electrons. The van der Waals surface area contributed by atoms with E-state index in [9.17, 15) is 8.42 Å². The summed E-state index contributed by atoms with van der Waals surface area (Å²) in [7, 11) is -1.06. The summed E-state index contributed by atoms with van der Waals surface area (Å²) in [6.07, 6.45) is 0.619. The average Bonchev–Trinajstić information content (AvgIpc) is 2.89. The number of hydrogen-bond acceptors (Lipinski definition) is 6. The molecular formula is C11H16N4O2S2. The Morgan fingerprint density at radius 2 is 2.32 bits per heavy atom. The summed E-state index contributed by atoms with van der Waals surface area (Å²) in [5.74, 6) is 1.69. The fourth-order valence-corrected chi connectivity index (χ4v) is 4.64. The maximum absolute atomic E-state index is 11.5. The van der Waals surface area contributed by atoms with Crippen molar-refractivity contribution in [3.05, 3.63) is 5.82 Å². The summed E-state index contributed by atoms with van der Waals surface area (Å²) in [6.45, 7) is 1.85. The van der Waals surface area contributed by atoms with Gasteiger partial charge in [0.1, 0.15) is 5.82 Å². The molecule has 2 atom stereocenters. The number of hydrogen-bond donors (Lipinski definition) is 0. The molecule has 104 valence electrons. The van der Waals surface area contributed by atoms with Gasteiger partial charge in [0.25, 0.3) is 0 Å². The number of sulfone groups is 1. The molecule has 0 bridgehead atoms. The Balaban J connectivity index is 2.09. The first-order valence-electron chi connectivity index (χ1n) is 6.05. The summed E-state index contributed by atoms with van der Waals surface area (Å²) in [5.41, 5.74) is 0. The van der Waals surface area contributed by atoms with Gasteiger partial charge < -0.3 is 4.57 Å². The van der Waals surface area contributed by atoms with E-state index in [-0.39, 0.29) is 23.3 Å². The average molecular weight is 300 g/mol. The zero-order valence-electron chi connectivity index (χ0n) is 10.9. The Morgan fingerprint density at radius 1 is 1.58 bits per heavy atom. The molecule has 0 N–H and O–H groups in total. The highest BCUT2D eigenvalue weighted by Crippen LogP contribution is 2.29. The standard InChI is InChI=1S/C11H16N4O2S2/c1-8(5-12)6-18-11-14-13-10(15(11)2)9-3-4-19(16,17)7-9/h8-9H,3-4,6-7H2,1-2H3/t8-,9-/m1/s1. The first kappa shape index (κ1) is 14.3. The predicted molar refractivity (Wildman–Crippen MR) is 72.5 cm³/mol. The van der Waals surface area contributed by atoms with Crippen molar-refractivity contribution in [3.63, 3.8) is 0 Å². The van der Waals surface area contributed by atoms with Crippen molar-refractivity contribution in [2.75, 3.05) is 17.3 Å². The minimum atomic E-state index is -2.91. The minimum absolute atomic E-state index is 0.0444. The number of aromatic nitrogens is 3. The number of nitriles is 1. The second kappa shape index (κ2) is 5.51. The third-order valence-electron chi connectivity index (χ3n) is 3.15. The lowest BCUT2D eigenvalue weighted by atomic mass is 10.1. The van der Waals surface area contributed by atoms with Crippen LogP contribution < -0.4 is 0 Å². The van der Waals surface area contributed by atoms with Crippen LogP contribution in [-0.4, -0.2) is 40.4 Å². The first-order valence-corrected chi connectivity index (χ1v) is 8.86. The van der Waals surface area contributed by atoms with Gasteiger partial charge in [0.05, 0.1) is 23.5 Å². The summed E-state index contributed by atoms with van der Waals surface area (Å²) in [6, 6.07) is 2.17. The second-order valence-electron chi connectivity index (χ2n) is 4.84. The smallest absolute Gasteiger partial charge is 0.191 e. The van der Waals surface area contributed by atoms with Crippen molar-refractivity contribution >= 4 is 21.6 Å². The lowest BCUT2D eigenvalue weighted by molar-refractivity contribution is 0.599. The Kier molecular flexibility index (Phi) is 4.16. The molecule has 1 aromatic rings. The molecule has 0 aliphatic carbocycles. The van der Waals surface area contributed by atoms with Gasteiger partial charge >= 0.3 is 0 Å². The topological polar surface area (TPSA) is 88.6 Å². The van der Waals surface area contributed by atoms with E-state index < -0.39 is 9.84 Å². The maximum Gasteiger partial charge on any atom is 0.191 e. The van der Waals surface area contributed by atoms with Crippen molar-refractivity contribution in [2.45, 2.75) is 24.4 Å². The minimum Gasteiger partial charge on any atom is -0.309 e. The lowest BCUT2D eigenvalue weighted by Gasteiger charge is -2.08. The monoisotopic (exact) mass is 300 g/mol. The fraction of sp³-hybridized carbons (Fsp3) is 0.727. The van der Waals surface area contributed by atoms with Gasteiger partial charge in [0.15, 0.2) is 15.0 Å². The molecule has 1 aliphatic heterocycles. The lowest BCUT2D eigenvalue weighted by Crippen LogP contribution is -2.09. The van der Waals surface area contributed by atoms with Gasteiger partial charge in [-0.3, -0.25) is 0 Å². The Morgan fingerprint density at radius 3 is 2.89 bits per heavy atom. The van der Waals surface area contributed by atoms with Crippen LogP contribution in [0.15, 0.2) is 5.16 Å². The summed E-state index contributed by atoms with van der Waals surface area (Å²) >= 11 is 1.48. The van der Waals surface area contributed by atoms with Gasteiger partial charge in [0.2, 0.25) is 0 Å². The van der Waals surface area contributed by atoms with E-state index in [2.05, 4.69) is 16.3 Å². The molecule has 1 fully saturated rings. The van der Waals surface area contributed by atoms with Crippen LogP contribution in [-0.2, 0) is 16.9 Å². The SMILES string of the molecule is C[C@H](C#N)CSc1nnc([C@@H]2CCS(=O)(=O)C2)n1C. The Labute approximate surface area is 117 Å². The quantitative estimate of drug-likeness (QED) is 0.770. The van der Waals surface area contributed by atoms with Crippen molar-refractivity contribution in [2.24, 2.45) is 13.0 Å². The molecule has 2 heterocycles. The highest BCUT2D eigenvalue weighted by Gasteiger charge is 2.32. The van der Waals surface area contributed by atoms with E-state index in [4.69, 9.17) is 5.26 Å². The molecule has 0 unspecified atom stereocenters. The summed E-state index contributed by atoms with van der Waals surface area (Å²) in [5, 5.41) is 17.7. The third kappa shape index (κ3) is 3.28. The van der Waals surface area contributed by atoms with Gasteiger partial charge in [-0.15, -0.1) is 10.2 Å². The normalized spacial score (nSPS) is 23.1. The van der Waals surface area contributed by atoms with Crippen molar-refractivity contribution in [3.8, 4) is 6.07 Å². The molecule has 19 heavy (non-hydrogen) atoms. The highest BCUT2D eigenvalue weighted by atomic mass is 32.2. The van der Waals surface area contributed by atoms with Crippen LogP contribution in [0.2, 0.25) is 0 Å². The molecule has 0 aromatic carbocycles. The molecule has 8 heteroatoms. The molecule has 0 saturated carbocycles. The van der Waals surface area contributed by atoms with E-state index >= 15 is 0 Å². The summed E-state index contributed by atoms with van der Waals surface area (Å²) in [4.78, 5) is 0. The maximum atomic E-state index is 11.5. The van der Waals surface area contributed by atoms with Crippen molar-refractivity contribution in [1.29, 1.82) is 5.26 Å². The van der Waals surface area contributed by atoms with E-state index in [1.807, 2.05) is 18.5 Å². The molecule has 0 spiro atoms. The van der Waals surface area contributed by atoms with Crippen molar-refractivity contribution in [1.82, 2.24) is 14.8 Å². The number of thioether (sulfide) groups is 1. The van der Waals surface area contributed by atoms with Crippen LogP contribution in [0, 0.1) is 17.2 Å². The van der Waals surface area contributed by atoms with E-state index in [0.717, 1.165) is 11.0 Å². The van der Waals surface area contributed by atoms with Crippen LogP contribution in [0.3, 0.4) is 0 Å². The zero-order chi connectivity index (χ0) is 14.0. The van der Waals surface area contributed by atoms with Crippen LogP contribution in [0.25, 0.3) is 0 Å². The zero-order valence-corrected chi connectivity index (χ0v) is 12.5. The predicted octanol–water partition coefficient (Wildman–Crippen LogP) is 0.969. The van der Waals surface area contributed by atoms with Gasteiger partial charge in [-0.25, -0.2) is 8.42 Å². The van der Waals surface area contributed by atoms with Crippen LogP contribution in [0.5, 0.6) is 0 Å². The van der Waals surface area contributed by atoms with Gasteiger partial charge in [-0.2, -0.15) is 5.26 Å². The van der Waals surface area contributed by atoms with Gasteiger partial charge in [-0.1, -0.05) is 11.8 Å². The fourth-order valence-electron chi connectivity index (χ4n) is 2.04. The molecule has 1 saturated heterocycles. The van der Waals surface area contributed by atoms with Gasteiger partial charge in [-0.05, 0) is 13.3 Å². The largest absolute Gasteiger partial charge is 0.309 e. The summed E-state index contributed by atoms with van der Waals surface area (Å²) < 4.78 is 24.8. The van der Waals surface area contributed by atoms with E-state index in [0.29, 0.717) is 12.2 Å². The second-order valence-corrected chi connectivity index (χ2v) is 8.06. The molecule has 6 nitrogen and oxygen atoms in total. The number of rotatable bonds is 4. The highest BCUT2D eigenvalue weighted by molar-refractivity contribution is 7.99. The van der Waals surface area contributed by atoms with Crippen LogP contribution in [0.1, 0.15) is 25.1 Å². The number of nitrogens with zero attached hydrogens (tertiary/aromatic N) is 4. The van der Waals surface area contributed by atoms with Crippen molar-refractivity contribution < 1.29 is 8.42 Å². The first-order chi connectivity index (χ1) is 8.93. The Bertz CT molecular complexity index is 603. The molecule has 0 amide bonds. The van der Waals surface area contributed by atoms with Gasteiger partial charge in [0, 0.05) is 18.7 Å². The Hall–Kier alpha value is -1.07. The van der Waals surface area contributed by atoms with Crippen LogP contribution in [0.4, 0.5) is 0 Å². The van der Waals surface area contributed by atoms with E-state index in [1.165, 1.54) is 11.8 Å². The van der Waals surface area contributed by atoms with Crippen LogP contribution >= 0.6 is 11.8 Å². The molecule has 1 aliphatic rings. The molecular weight excluding hydrogens is 284 g/mol.